The van der Waals surface area contributed by atoms with Crippen LogP contribution in [0.25, 0.3) is 0 Å². The van der Waals surface area contributed by atoms with Crippen LogP contribution in [-0.2, 0) is 28.8 Å². The molecule has 234 valence electrons. The van der Waals surface area contributed by atoms with Crippen molar-refractivity contribution < 1.29 is 37.5 Å². The fourth-order valence-corrected chi connectivity index (χ4v) is 5.86. The van der Waals surface area contributed by atoms with E-state index in [4.69, 9.17) is 16.3 Å². The summed E-state index contributed by atoms with van der Waals surface area (Å²) in [5.41, 5.74) is -2.78. The number of methoxy groups -OCH3 is 1. The molecular weight excluding hydrogens is 597 g/mol. The quantitative estimate of drug-likeness (QED) is 0.235. The summed E-state index contributed by atoms with van der Waals surface area (Å²) in [6.45, 7) is 7.36. The van der Waals surface area contributed by atoms with Crippen LogP contribution in [0.5, 0.6) is 0 Å². The molecule has 2 amide bonds. The smallest absolute Gasteiger partial charge is 0.416 e. The lowest BCUT2D eigenvalue weighted by Gasteiger charge is -2.49. The molecular formula is C27H32ClF3N6O6. The lowest BCUT2D eigenvalue weighted by Crippen LogP contribution is -2.62. The van der Waals surface area contributed by atoms with Crippen LogP contribution in [0.15, 0.2) is 18.2 Å². The van der Waals surface area contributed by atoms with Crippen LogP contribution in [0.1, 0.15) is 69.0 Å². The van der Waals surface area contributed by atoms with Crippen molar-refractivity contribution in [2.24, 2.45) is 5.41 Å². The number of aromatic nitrogens is 2. The van der Waals surface area contributed by atoms with E-state index in [-0.39, 0.29) is 55.0 Å². The molecule has 1 saturated heterocycles. The third-order valence-corrected chi connectivity index (χ3v) is 8.22. The van der Waals surface area contributed by atoms with Gasteiger partial charge in [0.1, 0.15) is 11.4 Å². The highest BCUT2D eigenvalue weighted by atomic mass is 35.5. The van der Waals surface area contributed by atoms with Crippen LogP contribution in [-0.4, -0.2) is 67.1 Å². The largest absolute Gasteiger partial charge is 0.465 e. The number of carbonyl (C=O) groups is 2. The molecule has 3 atom stereocenters. The zero-order valence-electron chi connectivity index (χ0n) is 24.2. The topological polar surface area (TPSA) is 151 Å². The minimum absolute atomic E-state index is 0.00677. The van der Waals surface area contributed by atoms with Gasteiger partial charge in [0.05, 0.1) is 35.3 Å². The van der Waals surface area contributed by atoms with Crippen LogP contribution in [0.3, 0.4) is 0 Å². The molecule has 0 bridgehead atoms. The van der Waals surface area contributed by atoms with E-state index >= 15 is 0 Å². The van der Waals surface area contributed by atoms with Crippen molar-refractivity contribution in [1.82, 2.24) is 19.8 Å². The van der Waals surface area contributed by atoms with Gasteiger partial charge >= 0.3 is 12.3 Å². The second-order valence-corrected chi connectivity index (χ2v) is 12.2. The molecule has 3 heterocycles. The summed E-state index contributed by atoms with van der Waals surface area (Å²) in [4.78, 5) is 47.6. The van der Waals surface area contributed by atoms with E-state index in [2.05, 4.69) is 15.3 Å². The van der Waals surface area contributed by atoms with E-state index in [1.807, 2.05) is 20.8 Å². The summed E-state index contributed by atoms with van der Waals surface area (Å²) in [5.74, 6) is -0.200. The Hall–Kier alpha value is -3.72. The van der Waals surface area contributed by atoms with Gasteiger partial charge in [-0.15, -0.1) is 0 Å². The fourth-order valence-electron chi connectivity index (χ4n) is 5.67. The van der Waals surface area contributed by atoms with Crippen molar-refractivity contribution in [1.29, 1.82) is 0 Å². The van der Waals surface area contributed by atoms with Crippen molar-refractivity contribution >= 4 is 35.1 Å². The van der Waals surface area contributed by atoms with Crippen LogP contribution in [0.4, 0.5) is 29.5 Å². The van der Waals surface area contributed by atoms with Crippen LogP contribution in [0, 0.1) is 15.5 Å². The average Bonchev–Trinajstić information content (AvgIpc) is 3.35. The zero-order chi connectivity index (χ0) is 32.1. The van der Waals surface area contributed by atoms with Crippen LogP contribution in [0.2, 0.25) is 5.28 Å². The molecule has 43 heavy (non-hydrogen) atoms. The second-order valence-electron chi connectivity index (χ2n) is 11.9. The summed E-state index contributed by atoms with van der Waals surface area (Å²) in [7, 11) is 1.41. The standard InChI is InChI=1S/C27H32ClF3N6O6/c1-14(15-8-16(27(29,30)31)10-17(9-15)37(41)42)32-21-18-12-35(13-19(18)33-23(28)34-21)22(38)26(43-5)6-7-36(24(39)40)20(11-26)25(2,3)4/h8-10,14,20H,6-7,11-13H2,1-5H3,(H,39,40)(H,32,33,34). The Bertz CT molecular complexity index is 1450. The van der Waals surface area contributed by atoms with Crippen molar-refractivity contribution in [3.8, 4) is 0 Å². The molecule has 2 N–H and O–H groups in total. The Balaban J connectivity index is 1.61. The Kier molecular flexibility index (Phi) is 8.55. The van der Waals surface area contributed by atoms with Gasteiger partial charge in [0.15, 0.2) is 0 Å². The van der Waals surface area contributed by atoms with Crippen molar-refractivity contribution in [3.05, 3.63) is 56.0 Å². The number of fused-ring (bicyclic) bond motifs is 1. The van der Waals surface area contributed by atoms with Gasteiger partial charge in [-0.05, 0) is 35.6 Å². The van der Waals surface area contributed by atoms with Crippen LogP contribution >= 0.6 is 11.6 Å². The van der Waals surface area contributed by atoms with Gasteiger partial charge in [0.2, 0.25) is 5.28 Å². The molecule has 3 unspecified atom stereocenters. The van der Waals surface area contributed by atoms with Gasteiger partial charge in [-0.1, -0.05) is 20.8 Å². The summed E-state index contributed by atoms with van der Waals surface area (Å²) >= 11 is 6.17. The molecule has 1 fully saturated rings. The number of ether oxygens (including phenoxy) is 1. The predicted octanol–water partition coefficient (Wildman–Crippen LogP) is 5.65. The molecule has 2 aliphatic rings. The van der Waals surface area contributed by atoms with E-state index in [0.29, 0.717) is 17.3 Å². The predicted molar refractivity (Wildman–Crippen MR) is 148 cm³/mol. The maximum absolute atomic E-state index is 14.0. The van der Waals surface area contributed by atoms with Gasteiger partial charge < -0.3 is 25.0 Å². The van der Waals surface area contributed by atoms with Gasteiger partial charge in [0.25, 0.3) is 11.6 Å². The molecule has 1 aromatic carbocycles. The first-order valence-corrected chi connectivity index (χ1v) is 13.8. The molecule has 12 nitrogen and oxygen atoms in total. The molecule has 0 spiro atoms. The van der Waals surface area contributed by atoms with Gasteiger partial charge in [-0.25, -0.2) is 14.8 Å². The lowest BCUT2D eigenvalue weighted by atomic mass is 9.74. The number of likely N-dealkylation sites (tertiary alicyclic amines) is 1. The number of nitro benzene ring substituents is 1. The molecule has 1 aromatic heterocycles. The van der Waals surface area contributed by atoms with E-state index < -0.39 is 51.5 Å². The van der Waals surface area contributed by atoms with Gasteiger partial charge in [0, 0.05) is 50.2 Å². The number of nitro groups is 1. The third-order valence-electron chi connectivity index (χ3n) is 8.06. The number of nitrogens with one attached hydrogen (secondary N) is 1. The van der Waals surface area contributed by atoms with E-state index in [9.17, 15) is 38.0 Å². The second kappa shape index (κ2) is 11.4. The summed E-state index contributed by atoms with van der Waals surface area (Å²) in [6.07, 6.45) is -5.61. The average molecular weight is 629 g/mol. The number of carbonyl (C=O) groups excluding carboxylic acids is 1. The number of hydrogen-bond donors (Lipinski definition) is 2. The number of anilines is 1. The molecule has 0 saturated carbocycles. The minimum Gasteiger partial charge on any atom is -0.465 e. The number of nitrogens with zero attached hydrogens (tertiary/aromatic N) is 5. The third kappa shape index (κ3) is 6.47. The van der Waals surface area contributed by atoms with E-state index in [1.54, 1.807) is 0 Å². The number of alkyl halides is 3. The van der Waals surface area contributed by atoms with Crippen LogP contribution < -0.4 is 5.32 Å². The number of hydrogen-bond acceptors (Lipinski definition) is 8. The number of carboxylic acid groups (broad SMARTS) is 1. The number of non-ortho nitro benzene ring substituents is 1. The highest BCUT2D eigenvalue weighted by Crippen LogP contribution is 2.41. The Morgan fingerprint density at radius 2 is 1.91 bits per heavy atom. The monoisotopic (exact) mass is 628 g/mol. The molecule has 0 radical (unpaired) electrons. The number of rotatable bonds is 6. The summed E-state index contributed by atoms with van der Waals surface area (Å²) in [6, 6.07) is 0.954. The zero-order valence-corrected chi connectivity index (χ0v) is 24.9. The summed E-state index contributed by atoms with van der Waals surface area (Å²) in [5, 5.41) is 23.9. The Morgan fingerprint density at radius 1 is 1.23 bits per heavy atom. The van der Waals surface area contributed by atoms with Crippen molar-refractivity contribution in [3.63, 3.8) is 0 Å². The Labute approximate surface area is 250 Å². The molecule has 2 aliphatic heterocycles. The molecule has 2 aromatic rings. The first kappa shape index (κ1) is 32.2. The summed E-state index contributed by atoms with van der Waals surface area (Å²) < 4.78 is 46.2. The Morgan fingerprint density at radius 3 is 2.47 bits per heavy atom. The fraction of sp³-hybridized carbons (Fsp3) is 0.556. The molecule has 0 aliphatic carbocycles. The first-order valence-electron chi connectivity index (χ1n) is 13.4. The minimum atomic E-state index is -4.80. The number of amides is 2. The van der Waals surface area contributed by atoms with Gasteiger partial charge in [-0.3, -0.25) is 14.9 Å². The van der Waals surface area contributed by atoms with Gasteiger partial charge in [-0.2, -0.15) is 13.2 Å². The van der Waals surface area contributed by atoms with E-state index in [0.717, 1.165) is 12.1 Å². The maximum Gasteiger partial charge on any atom is 0.416 e. The lowest BCUT2D eigenvalue weighted by molar-refractivity contribution is -0.385. The highest BCUT2D eigenvalue weighted by Gasteiger charge is 2.52. The van der Waals surface area contributed by atoms with E-state index in [1.165, 1.54) is 23.8 Å². The van der Waals surface area contributed by atoms with Crippen molar-refractivity contribution in [2.45, 2.75) is 77.5 Å². The van der Waals surface area contributed by atoms with Crippen molar-refractivity contribution in [2.75, 3.05) is 19.0 Å². The first-order chi connectivity index (χ1) is 19.9. The molecule has 4 rings (SSSR count). The normalized spacial score (nSPS) is 21.4. The number of piperidine rings is 1. The maximum atomic E-state index is 14.0. The highest BCUT2D eigenvalue weighted by molar-refractivity contribution is 6.28. The number of halogens is 4. The molecule has 16 heteroatoms. The number of benzene rings is 1. The SMILES string of the molecule is COC1(C(=O)N2Cc3nc(Cl)nc(NC(C)c4cc([N+](=O)[O-])cc(C(F)(F)F)c4)c3C2)CCN(C(=O)O)C(C(C)(C)C)C1.